The maximum Gasteiger partial charge on any atom is 0.407 e. The SMILES string of the molecule is CCCC(CNC(=NC)NC(C)C(C)C)NC(=O)OC(C)(C)C. The number of rotatable bonds is 7. The highest BCUT2D eigenvalue weighted by Gasteiger charge is 2.19. The molecule has 0 aromatic carbocycles. The van der Waals surface area contributed by atoms with Crippen molar-refractivity contribution in [3.8, 4) is 0 Å². The van der Waals surface area contributed by atoms with Crippen molar-refractivity contribution in [2.75, 3.05) is 13.6 Å². The molecule has 2 unspecified atom stereocenters. The standard InChI is InChI=1S/C17H36N4O2/c1-9-10-14(21-16(22)23-17(5,6)7)11-19-15(18-8)20-13(4)12(2)3/h12-14H,9-11H2,1-8H3,(H,21,22)(H2,18,19,20). The van der Waals surface area contributed by atoms with E-state index in [9.17, 15) is 4.79 Å². The minimum atomic E-state index is -0.488. The Labute approximate surface area is 141 Å². The number of nitrogens with one attached hydrogen (secondary N) is 3. The van der Waals surface area contributed by atoms with Gasteiger partial charge in [0, 0.05) is 25.7 Å². The van der Waals surface area contributed by atoms with Crippen LogP contribution in [0.4, 0.5) is 4.79 Å². The molecule has 0 aliphatic carbocycles. The second kappa shape index (κ2) is 10.3. The molecule has 0 heterocycles. The number of guanidine groups is 1. The molecule has 0 radical (unpaired) electrons. The van der Waals surface area contributed by atoms with E-state index in [0.29, 0.717) is 18.5 Å². The van der Waals surface area contributed by atoms with Crippen molar-refractivity contribution in [1.29, 1.82) is 0 Å². The highest BCUT2D eigenvalue weighted by atomic mass is 16.6. The average molecular weight is 329 g/mol. The Kier molecular flexibility index (Phi) is 9.68. The fourth-order valence-corrected chi connectivity index (χ4v) is 1.84. The molecule has 0 aromatic rings. The van der Waals surface area contributed by atoms with E-state index in [1.807, 2.05) is 20.8 Å². The first kappa shape index (κ1) is 21.5. The van der Waals surface area contributed by atoms with Crippen molar-refractivity contribution in [2.24, 2.45) is 10.9 Å². The van der Waals surface area contributed by atoms with Crippen LogP contribution in [0.2, 0.25) is 0 Å². The van der Waals surface area contributed by atoms with E-state index in [2.05, 4.69) is 48.6 Å². The molecule has 0 fully saturated rings. The minimum Gasteiger partial charge on any atom is -0.444 e. The lowest BCUT2D eigenvalue weighted by atomic mass is 10.1. The molecule has 0 aliphatic rings. The van der Waals surface area contributed by atoms with Crippen molar-refractivity contribution >= 4 is 12.1 Å². The maximum atomic E-state index is 11.9. The lowest BCUT2D eigenvalue weighted by Gasteiger charge is -2.25. The molecule has 0 rings (SSSR count). The van der Waals surface area contributed by atoms with Gasteiger partial charge in [0.1, 0.15) is 5.60 Å². The van der Waals surface area contributed by atoms with E-state index in [1.54, 1.807) is 7.05 Å². The number of carbonyl (C=O) groups excluding carboxylic acids is 1. The monoisotopic (exact) mass is 328 g/mol. The Balaban J connectivity index is 4.49. The molecular formula is C17H36N4O2. The van der Waals surface area contributed by atoms with Crippen molar-refractivity contribution in [1.82, 2.24) is 16.0 Å². The molecule has 0 saturated heterocycles. The van der Waals surface area contributed by atoms with E-state index < -0.39 is 5.60 Å². The van der Waals surface area contributed by atoms with Crippen molar-refractivity contribution in [3.05, 3.63) is 0 Å². The summed E-state index contributed by atoms with van der Waals surface area (Å²) in [6, 6.07) is 0.326. The van der Waals surface area contributed by atoms with Gasteiger partial charge in [-0.1, -0.05) is 27.2 Å². The van der Waals surface area contributed by atoms with Gasteiger partial charge in [-0.05, 0) is 40.0 Å². The van der Waals surface area contributed by atoms with E-state index >= 15 is 0 Å². The number of alkyl carbamates (subject to hydrolysis) is 1. The summed E-state index contributed by atoms with van der Waals surface area (Å²) in [7, 11) is 1.75. The third-order valence-electron chi connectivity index (χ3n) is 3.46. The van der Waals surface area contributed by atoms with Crippen LogP contribution < -0.4 is 16.0 Å². The van der Waals surface area contributed by atoms with Crippen LogP contribution in [-0.2, 0) is 4.74 Å². The fourth-order valence-electron chi connectivity index (χ4n) is 1.84. The highest BCUT2D eigenvalue weighted by Crippen LogP contribution is 2.07. The number of nitrogens with zero attached hydrogens (tertiary/aromatic N) is 1. The average Bonchev–Trinajstić information content (AvgIpc) is 2.40. The predicted molar refractivity (Wildman–Crippen MR) is 96.9 cm³/mol. The van der Waals surface area contributed by atoms with Crippen LogP contribution in [0.5, 0.6) is 0 Å². The molecule has 1 amide bonds. The largest absolute Gasteiger partial charge is 0.444 e. The summed E-state index contributed by atoms with van der Waals surface area (Å²) in [5.41, 5.74) is -0.488. The maximum absolute atomic E-state index is 11.9. The summed E-state index contributed by atoms with van der Waals surface area (Å²) in [6.07, 6.45) is 1.48. The van der Waals surface area contributed by atoms with Crippen molar-refractivity contribution in [3.63, 3.8) is 0 Å². The zero-order valence-electron chi connectivity index (χ0n) is 16.1. The first-order valence-electron chi connectivity index (χ1n) is 8.55. The second-order valence-electron chi connectivity index (χ2n) is 7.26. The van der Waals surface area contributed by atoms with E-state index in [4.69, 9.17) is 4.74 Å². The Morgan fingerprint density at radius 3 is 2.22 bits per heavy atom. The molecule has 6 heteroatoms. The number of aliphatic imine (C=N–C) groups is 1. The highest BCUT2D eigenvalue weighted by molar-refractivity contribution is 5.80. The zero-order valence-corrected chi connectivity index (χ0v) is 16.1. The molecule has 136 valence electrons. The first-order valence-corrected chi connectivity index (χ1v) is 8.55. The molecule has 2 atom stereocenters. The third kappa shape index (κ3) is 10.8. The topological polar surface area (TPSA) is 74.8 Å². The summed E-state index contributed by atoms with van der Waals surface area (Å²) >= 11 is 0. The summed E-state index contributed by atoms with van der Waals surface area (Å²) < 4.78 is 5.32. The molecule has 0 spiro atoms. The van der Waals surface area contributed by atoms with Crippen LogP contribution in [0.15, 0.2) is 4.99 Å². The van der Waals surface area contributed by atoms with E-state index in [-0.39, 0.29) is 12.1 Å². The normalized spacial score (nSPS) is 15.1. The first-order chi connectivity index (χ1) is 10.6. The zero-order chi connectivity index (χ0) is 18.0. The van der Waals surface area contributed by atoms with Gasteiger partial charge in [-0.15, -0.1) is 0 Å². The lowest BCUT2D eigenvalue weighted by Crippen LogP contribution is -2.50. The van der Waals surface area contributed by atoms with Crippen LogP contribution in [0.1, 0.15) is 61.3 Å². The molecule has 0 bridgehead atoms. The second-order valence-corrected chi connectivity index (χ2v) is 7.26. The number of amides is 1. The Bertz CT molecular complexity index is 375. The van der Waals surface area contributed by atoms with Gasteiger partial charge in [-0.3, -0.25) is 4.99 Å². The van der Waals surface area contributed by atoms with Crippen LogP contribution in [0.25, 0.3) is 0 Å². The van der Waals surface area contributed by atoms with Gasteiger partial charge >= 0.3 is 6.09 Å². The molecule has 0 aromatic heterocycles. The molecule has 0 saturated carbocycles. The quantitative estimate of drug-likeness (QED) is 0.496. The van der Waals surface area contributed by atoms with E-state index in [0.717, 1.165) is 18.8 Å². The van der Waals surface area contributed by atoms with Crippen LogP contribution >= 0.6 is 0 Å². The van der Waals surface area contributed by atoms with Gasteiger partial charge in [0.05, 0.1) is 0 Å². The lowest BCUT2D eigenvalue weighted by molar-refractivity contribution is 0.0502. The summed E-state index contributed by atoms with van der Waals surface area (Å²) in [5.74, 6) is 1.26. The van der Waals surface area contributed by atoms with Crippen LogP contribution in [0, 0.1) is 5.92 Å². The van der Waals surface area contributed by atoms with Gasteiger partial charge in [-0.2, -0.15) is 0 Å². The van der Waals surface area contributed by atoms with E-state index in [1.165, 1.54) is 0 Å². The number of carbonyl (C=O) groups is 1. The third-order valence-corrected chi connectivity index (χ3v) is 3.46. The van der Waals surface area contributed by atoms with Gasteiger partial charge < -0.3 is 20.7 Å². The Morgan fingerprint density at radius 1 is 1.17 bits per heavy atom. The smallest absolute Gasteiger partial charge is 0.407 e. The van der Waals surface area contributed by atoms with Crippen molar-refractivity contribution < 1.29 is 9.53 Å². The molecule has 3 N–H and O–H groups in total. The summed E-state index contributed by atoms with van der Waals surface area (Å²) in [6.45, 7) is 14.7. The summed E-state index contributed by atoms with van der Waals surface area (Å²) in [4.78, 5) is 16.1. The number of hydrogen-bond acceptors (Lipinski definition) is 3. The van der Waals surface area contributed by atoms with Gasteiger partial charge in [-0.25, -0.2) is 4.79 Å². The summed E-state index contributed by atoms with van der Waals surface area (Å²) in [5, 5.41) is 9.55. The fraction of sp³-hybridized carbons (Fsp3) is 0.882. The van der Waals surface area contributed by atoms with Crippen LogP contribution in [0.3, 0.4) is 0 Å². The van der Waals surface area contributed by atoms with Gasteiger partial charge in [0.2, 0.25) is 0 Å². The van der Waals surface area contributed by atoms with Crippen LogP contribution in [-0.4, -0.2) is 43.3 Å². The molecule has 0 aliphatic heterocycles. The Hall–Kier alpha value is -1.46. The Morgan fingerprint density at radius 2 is 1.78 bits per heavy atom. The molecule has 6 nitrogen and oxygen atoms in total. The van der Waals surface area contributed by atoms with Crippen molar-refractivity contribution in [2.45, 2.75) is 79.0 Å². The van der Waals surface area contributed by atoms with Gasteiger partial charge in [0.25, 0.3) is 0 Å². The minimum absolute atomic E-state index is 0.00255. The molecule has 23 heavy (non-hydrogen) atoms. The number of hydrogen-bond donors (Lipinski definition) is 3. The predicted octanol–water partition coefficient (Wildman–Crippen LogP) is 2.89. The number of ether oxygens (including phenoxy) is 1. The molecular weight excluding hydrogens is 292 g/mol. The van der Waals surface area contributed by atoms with Gasteiger partial charge in [0.15, 0.2) is 5.96 Å².